The molecule has 0 aromatic heterocycles. The van der Waals surface area contributed by atoms with Crippen molar-refractivity contribution in [2.45, 2.75) is 52.9 Å². The molecule has 0 heterocycles. The number of hydrogen-bond acceptors (Lipinski definition) is 4. The molecule has 0 spiro atoms. The Morgan fingerprint density at radius 1 is 0.759 bits per heavy atom. The van der Waals surface area contributed by atoms with Crippen molar-refractivity contribution >= 4 is 11.4 Å². The quantitative estimate of drug-likeness (QED) is 0.332. The summed E-state index contributed by atoms with van der Waals surface area (Å²) >= 11 is 0. The maximum absolute atomic E-state index is 5.82. The highest BCUT2D eigenvalue weighted by atomic mass is 16.5. The fourth-order valence-electron chi connectivity index (χ4n) is 2.94. The molecule has 2 N–H and O–H groups in total. The maximum atomic E-state index is 5.82. The maximum Gasteiger partial charge on any atom is 0.121 e. The largest absolute Gasteiger partial charge is 0.494 e. The Morgan fingerprint density at radius 3 is 2.21 bits per heavy atom. The van der Waals surface area contributed by atoms with Crippen molar-refractivity contribution < 1.29 is 9.47 Å². The second-order valence-corrected chi connectivity index (χ2v) is 7.87. The zero-order chi connectivity index (χ0) is 20.7. The average Bonchev–Trinajstić information content (AvgIpc) is 2.73. The summed E-state index contributed by atoms with van der Waals surface area (Å²) in [6.07, 6.45) is 6.31. The Morgan fingerprint density at radius 2 is 1.48 bits per heavy atom. The highest BCUT2D eigenvalue weighted by Gasteiger charge is 2.00. The van der Waals surface area contributed by atoms with Gasteiger partial charge in [-0.15, -0.1) is 0 Å². The van der Waals surface area contributed by atoms with Crippen LogP contribution in [-0.2, 0) is 0 Å². The molecule has 0 saturated carbocycles. The highest BCUT2D eigenvalue weighted by Crippen LogP contribution is 2.18. The zero-order valence-electron chi connectivity index (χ0n) is 18.4. The van der Waals surface area contributed by atoms with Crippen LogP contribution in [0.1, 0.15) is 52.9 Å². The molecular formula is C25H38N2O2. The Bertz CT molecular complexity index is 671. The molecule has 0 amide bonds. The molecular weight excluding hydrogens is 360 g/mol. The molecule has 2 rings (SSSR count). The molecule has 0 bridgehead atoms. The van der Waals surface area contributed by atoms with Crippen LogP contribution in [0.3, 0.4) is 0 Å². The van der Waals surface area contributed by atoms with E-state index in [2.05, 4.69) is 55.7 Å². The van der Waals surface area contributed by atoms with E-state index < -0.39 is 0 Å². The molecule has 0 aliphatic carbocycles. The highest BCUT2D eigenvalue weighted by molar-refractivity contribution is 5.49. The Hall–Kier alpha value is -2.36. The predicted octanol–water partition coefficient (Wildman–Crippen LogP) is 6.59. The molecule has 4 heteroatoms. The molecule has 0 aliphatic heterocycles. The summed E-state index contributed by atoms with van der Waals surface area (Å²) in [5.74, 6) is 2.39. The fraction of sp³-hybridized carbons (Fsp3) is 0.520. The molecule has 0 atom stereocenters. The SMILES string of the molecule is CCCCCCCOc1ccc(NCCNc2cccc(OCC(C)C)c2)cc1. The van der Waals surface area contributed by atoms with E-state index in [0.29, 0.717) is 5.92 Å². The fourth-order valence-corrected chi connectivity index (χ4v) is 2.94. The van der Waals surface area contributed by atoms with Crippen molar-refractivity contribution in [3.05, 3.63) is 48.5 Å². The summed E-state index contributed by atoms with van der Waals surface area (Å²) in [5.41, 5.74) is 2.19. The van der Waals surface area contributed by atoms with Gasteiger partial charge in [0.1, 0.15) is 11.5 Å². The van der Waals surface area contributed by atoms with E-state index in [0.717, 1.165) is 55.6 Å². The van der Waals surface area contributed by atoms with Crippen LogP contribution in [0, 0.1) is 5.92 Å². The van der Waals surface area contributed by atoms with Crippen molar-refractivity contribution in [3.63, 3.8) is 0 Å². The van der Waals surface area contributed by atoms with Gasteiger partial charge in [-0.3, -0.25) is 0 Å². The number of hydrogen-bond donors (Lipinski definition) is 2. The molecule has 4 nitrogen and oxygen atoms in total. The van der Waals surface area contributed by atoms with Crippen LogP contribution in [0.4, 0.5) is 11.4 Å². The third-order valence-corrected chi connectivity index (χ3v) is 4.57. The van der Waals surface area contributed by atoms with Gasteiger partial charge in [0.2, 0.25) is 0 Å². The lowest BCUT2D eigenvalue weighted by Gasteiger charge is -2.12. The van der Waals surface area contributed by atoms with Crippen LogP contribution in [0.25, 0.3) is 0 Å². The molecule has 2 aromatic carbocycles. The minimum atomic E-state index is 0.526. The van der Waals surface area contributed by atoms with Crippen molar-refractivity contribution in [2.24, 2.45) is 5.92 Å². The van der Waals surface area contributed by atoms with Gasteiger partial charge in [-0.2, -0.15) is 0 Å². The smallest absolute Gasteiger partial charge is 0.121 e. The van der Waals surface area contributed by atoms with Crippen LogP contribution < -0.4 is 20.1 Å². The molecule has 0 radical (unpaired) electrons. The summed E-state index contributed by atoms with van der Waals surface area (Å²) in [5, 5.41) is 6.87. The monoisotopic (exact) mass is 398 g/mol. The first-order valence-corrected chi connectivity index (χ1v) is 11.1. The summed E-state index contributed by atoms with van der Waals surface area (Å²) < 4.78 is 11.6. The van der Waals surface area contributed by atoms with Crippen molar-refractivity contribution in [3.8, 4) is 11.5 Å². The van der Waals surface area contributed by atoms with Crippen molar-refractivity contribution in [1.82, 2.24) is 0 Å². The van der Waals surface area contributed by atoms with E-state index >= 15 is 0 Å². The van der Waals surface area contributed by atoms with Crippen LogP contribution in [0.2, 0.25) is 0 Å². The van der Waals surface area contributed by atoms with E-state index in [-0.39, 0.29) is 0 Å². The van der Waals surface area contributed by atoms with Crippen LogP contribution in [-0.4, -0.2) is 26.3 Å². The van der Waals surface area contributed by atoms with E-state index in [1.54, 1.807) is 0 Å². The minimum absolute atomic E-state index is 0.526. The third kappa shape index (κ3) is 10.1. The Kier molecular flexibility index (Phi) is 10.9. The summed E-state index contributed by atoms with van der Waals surface area (Å²) in [6.45, 7) is 9.77. The lowest BCUT2D eigenvalue weighted by molar-refractivity contribution is 0.271. The van der Waals surface area contributed by atoms with E-state index in [1.165, 1.54) is 25.7 Å². The molecule has 2 aromatic rings. The molecule has 0 unspecified atom stereocenters. The number of ether oxygens (including phenoxy) is 2. The topological polar surface area (TPSA) is 42.5 Å². The standard InChI is InChI=1S/C25H38N2O2/c1-4-5-6-7-8-18-28-24-14-12-22(13-15-24)26-16-17-27-23-10-9-11-25(19-23)29-20-21(2)3/h9-15,19,21,26-27H,4-8,16-18,20H2,1-3H3. The summed E-state index contributed by atoms with van der Waals surface area (Å²) in [4.78, 5) is 0. The summed E-state index contributed by atoms with van der Waals surface area (Å²) in [6, 6.07) is 16.4. The number of anilines is 2. The first-order chi connectivity index (χ1) is 14.2. The summed E-state index contributed by atoms with van der Waals surface area (Å²) in [7, 11) is 0. The third-order valence-electron chi connectivity index (χ3n) is 4.57. The van der Waals surface area contributed by atoms with Crippen molar-refractivity contribution in [1.29, 1.82) is 0 Å². The lowest BCUT2D eigenvalue weighted by Crippen LogP contribution is -2.13. The number of rotatable bonds is 15. The average molecular weight is 399 g/mol. The second kappa shape index (κ2) is 13.8. The number of unbranched alkanes of at least 4 members (excludes halogenated alkanes) is 4. The van der Waals surface area contributed by atoms with Crippen LogP contribution >= 0.6 is 0 Å². The van der Waals surface area contributed by atoms with Gasteiger partial charge >= 0.3 is 0 Å². The van der Waals surface area contributed by atoms with Crippen LogP contribution in [0.15, 0.2) is 48.5 Å². The van der Waals surface area contributed by atoms with Crippen LogP contribution in [0.5, 0.6) is 11.5 Å². The Balaban J connectivity index is 1.62. The van der Waals surface area contributed by atoms with Crippen molar-refractivity contribution in [2.75, 3.05) is 36.9 Å². The second-order valence-electron chi connectivity index (χ2n) is 7.87. The zero-order valence-corrected chi connectivity index (χ0v) is 18.4. The lowest BCUT2D eigenvalue weighted by atomic mass is 10.2. The van der Waals surface area contributed by atoms with Gasteiger partial charge in [-0.05, 0) is 48.7 Å². The van der Waals surface area contributed by atoms with Gasteiger partial charge in [-0.1, -0.05) is 52.5 Å². The van der Waals surface area contributed by atoms with E-state index in [1.807, 2.05) is 24.3 Å². The first-order valence-electron chi connectivity index (χ1n) is 11.1. The van der Waals surface area contributed by atoms with Gasteiger partial charge in [0.05, 0.1) is 13.2 Å². The molecule has 0 saturated heterocycles. The Labute approximate surface area is 177 Å². The molecule has 0 aliphatic rings. The van der Waals surface area contributed by atoms with Gasteiger partial charge in [0, 0.05) is 30.5 Å². The van der Waals surface area contributed by atoms with Gasteiger partial charge in [-0.25, -0.2) is 0 Å². The molecule has 29 heavy (non-hydrogen) atoms. The van der Waals surface area contributed by atoms with E-state index in [9.17, 15) is 0 Å². The van der Waals surface area contributed by atoms with Gasteiger partial charge in [0.25, 0.3) is 0 Å². The van der Waals surface area contributed by atoms with Gasteiger partial charge < -0.3 is 20.1 Å². The molecule has 160 valence electrons. The number of benzene rings is 2. The van der Waals surface area contributed by atoms with E-state index in [4.69, 9.17) is 9.47 Å². The first kappa shape index (κ1) is 22.9. The molecule has 0 fully saturated rings. The normalized spacial score (nSPS) is 10.8. The number of nitrogens with one attached hydrogen (secondary N) is 2. The predicted molar refractivity (Wildman–Crippen MR) is 124 cm³/mol. The van der Waals surface area contributed by atoms with Gasteiger partial charge in [0.15, 0.2) is 0 Å². The minimum Gasteiger partial charge on any atom is -0.494 e.